The number of thioether (sulfide) groups is 1. The Bertz CT molecular complexity index is 943. The van der Waals surface area contributed by atoms with Crippen LogP contribution in [0.4, 0.5) is 5.69 Å². The van der Waals surface area contributed by atoms with Gasteiger partial charge in [-0.3, -0.25) is 9.69 Å². The topological polar surface area (TPSA) is 51.1 Å². The molecule has 2 aliphatic rings. The van der Waals surface area contributed by atoms with Crippen LogP contribution in [-0.4, -0.2) is 54.4 Å². The molecule has 0 saturated carbocycles. The third kappa shape index (κ3) is 5.70. The Balaban J connectivity index is 1.36. The van der Waals surface area contributed by atoms with Crippen LogP contribution in [-0.2, 0) is 0 Å². The maximum absolute atomic E-state index is 12.4. The van der Waals surface area contributed by atoms with E-state index in [-0.39, 0.29) is 5.78 Å². The number of likely N-dealkylation sites (tertiary alicyclic amines) is 1. The van der Waals surface area contributed by atoms with Crippen molar-refractivity contribution in [1.29, 1.82) is 0 Å². The molecule has 0 amide bonds. The van der Waals surface area contributed by atoms with Gasteiger partial charge in [-0.15, -0.1) is 0 Å². The van der Waals surface area contributed by atoms with E-state index >= 15 is 0 Å². The number of alkyl halides is 1. The minimum Gasteiger partial charge on any atom is -0.493 e. The average Bonchev–Trinajstić information content (AvgIpc) is 3.44. The number of fused-ring (bicyclic) bond motifs is 1. The molecule has 0 N–H and O–H groups in total. The monoisotopic (exact) mass is 502 g/mol. The zero-order valence-corrected chi connectivity index (χ0v) is 20.1. The molecule has 31 heavy (non-hydrogen) atoms. The van der Waals surface area contributed by atoms with Gasteiger partial charge in [0.25, 0.3) is 0 Å². The fourth-order valence-corrected chi connectivity index (χ4v) is 4.92. The van der Waals surface area contributed by atoms with Gasteiger partial charge in [0.1, 0.15) is 18.1 Å². The lowest BCUT2D eigenvalue weighted by molar-refractivity contribution is 0.102. The van der Waals surface area contributed by atoms with E-state index < -0.39 is 0 Å². The highest BCUT2D eigenvalue weighted by Crippen LogP contribution is 2.39. The van der Waals surface area contributed by atoms with Gasteiger partial charge < -0.3 is 9.47 Å². The number of ketones is 1. The summed E-state index contributed by atoms with van der Waals surface area (Å²) in [6, 6.07) is 11.7. The van der Waals surface area contributed by atoms with Gasteiger partial charge in [0.2, 0.25) is 0 Å². The van der Waals surface area contributed by atoms with Gasteiger partial charge in [-0.05, 0) is 62.3 Å². The first-order valence-electron chi connectivity index (χ1n) is 10.7. The molecule has 2 aliphatic heterocycles. The number of halogens is 1. The summed E-state index contributed by atoms with van der Waals surface area (Å²) in [6.07, 6.45) is 2.60. The zero-order chi connectivity index (χ0) is 21.6. The van der Waals surface area contributed by atoms with Gasteiger partial charge in [0, 0.05) is 28.5 Å². The molecule has 4 rings (SSSR count). The summed E-state index contributed by atoms with van der Waals surface area (Å²) in [5, 5.41) is 0.297. The summed E-state index contributed by atoms with van der Waals surface area (Å²) in [5.41, 5.74) is 4.44. The SMILES string of the molecule is CC1COc2cc(SC=Nc3ccc(OCCN4CCCC4)cc3)c(C(=O)CBr)cc21. The lowest BCUT2D eigenvalue weighted by Crippen LogP contribution is -2.25. The molecule has 5 nitrogen and oxygen atoms in total. The van der Waals surface area contributed by atoms with Crippen LogP contribution in [0.5, 0.6) is 11.5 Å². The van der Waals surface area contributed by atoms with Gasteiger partial charge in [-0.2, -0.15) is 0 Å². The third-order valence-corrected chi connectivity index (χ3v) is 6.96. The Morgan fingerprint density at radius 3 is 2.81 bits per heavy atom. The van der Waals surface area contributed by atoms with Crippen LogP contribution in [0.15, 0.2) is 46.3 Å². The largest absolute Gasteiger partial charge is 0.493 e. The molecule has 0 aromatic heterocycles. The van der Waals surface area contributed by atoms with Crippen molar-refractivity contribution in [3.63, 3.8) is 0 Å². The molecule has 0 aliphatic carbocycles. The van der Waals surface area contributed by atoms with Crippen molar-refractivity contribution in [2.75, 3.05) is 38.2 Å². The molecule has 2 aromatic carbocycles. The minimum absolute atomic E-state index is 0.0632. The number of nitrogens with zero attached hydrogens (tertiary/aromatic N) is 2. The Kier molecular flexibility index (Phi) is 7.69. The Morgan fingerprint density at radius 1 is 1.29 bits per heavy atom. The Labute approximate surface area is 196 Å². The van der Waals surface area contributed by atoms with E-state index in [1.54, 1.807) is 5.55 Å². The molecule has 0 bridgehead atoms. The third-order valence-electron chi connectivity index (χ3n) is 5.65. The standard InChI is InChI=1S/C24H27BrN2O3S/c1-17-15-30-23-13-24(21(12-20(17)23)22(28)14-25)31-16-26-18-4-6-19(7-5-18)29-11-10-27-8-2-3-9-27/h4-7,12-13,16-17H,2-3,8-11,14-15H2,1H3. The molecule has 2 heterocycles. The molecular formula is C24H27BrN2O3S. The van der Waals surface area contributed by atoms with Crippen LogP contribution < -0.4 is 9.47 Å². The second kappa shape index (κ2) is 10.7. The molecule has 1 saturated heterocycles. The highest BCUT2D eigenvalue weighted by Gasteiger charge is 2.24. The normalized spacial score (nSPS) is 18.3. The number of benzene rings is 2. The van der Waals surface area contributed by atoms with Crippen molar-refractivity contribution in [3.05, 3.63) is 47.5 Å². The van der Waals surface area contributed by atoms with Crippen LogP contribution in [0.3, 0.4) is 0 Å². The Morgan fingerprint density at radius 2 is 2.06 bits per heavy atom. The van der Waals surface area contributed by atoms with Crippen molar-refractivity contribution in [2.45, 2.75) is 30.6 Å². The number of carbonyl (C=O) groups excluding carboxylic acids is 1. The number of hydrogen-bond donors (Lipinski definition) is 0. The first-order chi connectivity index (χ1) is 15.1. The van der Waals surface area contributed by atoms with Crippen molar-refractivity contribution in [1.82, 2.24) is 4.90 Å². The molecule has 0 spiro atoms. The highest BCUT2D eigenvalue weighted by molar-refractivity contribution is 9.09. The Hall–Kier alpha value is -1.83. The summed E-state index contributed by atoms with van der Waals surface area (Å²) in [4.78, 5) is 20.3. The fourth-order valence-electron chi connectivity index (χ4n) is 3.85. The van der Waals surface area contributed by atoms with E-state index in [9.17, 15) is 4.79 Å². The number of aliphatic imine (C=N–C) groups is 1. The predicted octanol–water partition coefficient (Wildman–Crippen LogP) is 5.69. The molecule has 1 unspecified atom stereocenters. The smallest absolute Gasteiger partial charge is 0.174 e. The molecule has 164 valence electrons. The quantitative estimate of drug-likeness (QED) is 0.145. The molecular weight excluding hydrogens is 476 g/mol. The van der Waals surface area contributed by atoms with Gasteiger partial charge >= 0.3 is 0 Å². The van der Waals surface area contributed by atoms with E-state index in [4.69, 9.17) is 9.47 Å². The fraction of sp³-hybridized carbons (Fsp3) is 0.417. The minimum atomic E-state index is 0.0632. The molecule has 1 atom stereocenters. The van der Waals surface area contributed by atoms with Crippen molar-refractivity contribution in [2.24, 2.45) is 4.99 Å². The van der Waals surface area contributed by atoms with E-state index in [0.29, 0.717) is 30.0 Å². The first kappa shape index (κ1) is 22.4. The first-order valence-corrected chi connectivity index (χ1v) is 12.7. The van der Waals surface area contributed by atoms with Gasteiger partial charge in [0.05, 0.1) is 23.2 Å². The van der Waals surface area contributed by atoms with E-state index in [0.717, 1.165) is 34.2 Å². The van der Waals surface area contributed by atoms with Crippen LogP contribution in [0.2, 0.25) is 0 Å². The van der Waals surface area contributed by atoms with Crippen molar-refractivity contribution >= 4 is 44.7 Å². The maximum atomic E-state index is 12.4. The molecule has 1 fully saturated rings. The molecule has 2 aromatic rings. The number of rotatable bonds is 9. The van der Waals surface area contributed by atoms with Crippen LogP contribution in [0.25, 0.3) is 0 Å². The number of Topliss-reactive ketones (excluding diaryl/α,β-unsaturated/α-hetero) is 1. The van der Waals surface area contributed by atoms with E-state index in [1.807, 2.05) is 36.4 Å². The lowest BCUT2D eigenvalue weighted by atomic mass is 9.99. The van der Waals surface area contributed by atoms with Crippen molar-refractivity contribution < 1.29 is 14.3 Å². The highest BCUT2D eigenvalue weighted by atomic mass is 79.9. The maximum Gasteiger partial charge on any atom is 0.174 e. The van der Waals surface area contributed by atoms with Crippen molar-refractivity contribution in [3.8, 4) is 11.5 Å². The van der Waals surface area contributed by atoms with Gasteiger partial charge in [0.15, 0.2) is 5.78 Å². The van der Waals surface area contributed by atoms with E-state index in [1.165, 1.54) is 37.7 Å². The van der Waals surface area contributed by atoms with Crippen LogP contribution in [0, 0.1) is 0 Å². The number of carbonyl (C=O) groups is 1. The molecule has 7 heteroatoms. The molecule has 0 radical (unpaired) electrons. The van der Waals surface area contributed by atoms with Crippen LogP contribution >= 0.6 is 27.7 Å². The van der Waals surface area contributed by atoms with Gasteiger partial charge in [-0.1, -0.05) is 34.6 Å². The summed E-state index contributed by atoms with van der Waals surface area (Å²) in [5.74, 6) is 2.10. The second-order valence-corrected chi connectivity index (χ2v) is 9.35. The van der Waals surface area contributed by atoms with Crippen LogP contribution in [0.1, 0.15) is 41.6 Å². The average molecular weight is 503 g/mol. The summed E-state index contributed by atoms with van der Waals surface area (Å²) in [6.45, 7) is 6.84. The summed E-state index contributed by atoms with van der Waals surface area (Å²) < 4.78 is 11.6. The van der Waals surface area contributed by atoms with E-state index in [2.05, 4.69) is 32.7 Å². The second-order valence-electron chi connectivity index (χ2n) is 7.90. The lowest BCUT2D eigenvalue weighted by Gasteiger charge is -2.14. The van der Waals surface area contributed by atoms with Gasteiger partial charge in [-0.25, -0.2) is 4.99 Å². The number of hydrogen-bond acceptors (Lipinski definition) is 6. The zero-order valence-electron chi connectivity index (χ0n) is 17.7. The number of ether oxygens (including phenoxy) is 2. The summed E-state index contributed by atoms with van der Waals surface area (Å²) in [7, 11) is 0. The predicted molar refractivity (Wildman–Crippen MR) is 130 cm³/mol. The summed E-state index contributed by atoms with van der Waals surface area (Å²) >= 11 is 4.73.